The van der Waals surface area contributed by atoms with E-state index in [2.05, 4.69) is 15.7 Å². The maximum absolute atomic E-state index is 14.7. The second kappa shape index (κ2) is 7.89. The number of hydrogen-bond acceptors (Lipinski definition) is 6. The van der Waals surface area contributed by atoms with E-state index in [0.29, 0.717) is 4.68 Å². The average molecular weight is 493 g/mol. The van der Waals surface area contributed by atoms with E-state index in [1.54, 1.807) is 0 Å². The zero-order chi connectivity index (χ0) is 24.2. The van der Waals surface area contributed by atoms with Crippen molar-refractivity contribution in [2.45, 2.75) is 6.18 Å². The van der Waals surface area contributed by atoms with Gasteiger partial charge in [0.25, 0.3) is 0 Å². The maximum atomic E-state index is 14.7. The Kier molecular flexibility index (Phi) is 5.10. The summed E-state index contributed by atoms with van der Waals surface area (Å²) in [7, 11) is 1.24. The van der Waals surface area contributed by atoms with Crippen molar-refractivity contribution in [3.8, 4) is 22.8 Å². The van der Waals surface area contributed by atoms with Crippen molar-refractivity contribution in [3.63, 3.8) is 0 Å². The minimum absolute atomic E-state index is 0.0597. The number of hydrogen-bond donors (Lipinski definition) is 2. The normalized spacial score (nSPS) is 12.1. The van der Waals surface area contributed by atoms with Gasteiger partial charge in [-0.1, -0.05) is 35.0 Å². The molecule has 0 atom stereocenters. The van der Waals surface area contributed by atoms with E-state index >= 15 is 0 Å². The van der Waals surface area contributed by atoms with Gasteiger partial charge in [0.15, 0.2) is 11.5 Å². The fourth-order valence-corrected chi connectivity index (χ4v) is 4.07. The van der Waals surface area contributed by atoms with Crippen LogP contribution in [0.2, 0.25) is 5.02 Å². The zero-order valence-corrected chi connectivity index (χ0v) is 17.9. The lowest BCUT2D eigenvalue weighted by Gasteiger charge is -2.13. The number of aromatic nitrogens is 3. The van der Waals surface area contributed by atoms with Crippen molar-refractivity contribution >= 4 is 39.0 Å². The summed E-state index contributed by atoms with van der Waals surface area (Å²) >= 11 is 5.95. The minimum atomic E-state index is -4.88. The van der Waals surface area contributed by atoms with Crippen LogP contribution in [-0.2, 0) is 11.0 Å². The molecule has 0 amide bonds. The van der Waals surface area contributed by atoms with Gasteiger partial charge in [-0.15, -0.1) is 0 Å². The topological polar surface area (TPSA) is 85.3 Å². The third-order valence-corrected chi connectivity index (χ3v) is 5.46. The number of fused-ring (bicyclic) bond motifs is 3. The molecule has 2 aromatic heterocycles. The second-order valence-corrected chi connectivity index (χ2v) is 7.66. The highest BCUT2D eigenvalue weighted by molar-refractivity contribution is 6.30. The molecule has 34 heavy (non-hydrogen) atoms. The summed E-state index contributed by atoms with van der Waals surface area (Å²) in [5.41, 5.74) is 0.583. The number of rotatable bonds is 4. The highest BCUT2D eigenvalue weighted by atomic mass is 35.5. The molecule has 0 radical (unpaired) electrons. The predicted molar refractivity (Wildman–Crippen MR) is 116 cm³/mol. The Bertz CT molecular complexity index is 1560. The molecule has 3 aromatic carbocycles. The Morgan fingerprint density at radius 1 is 1.15 bits per heavy atom. The molecule has 5 aromatic rings. The smallest absolute Gasteiger partial charge is 0.434 e. The summed E-state index contributed by atoms with van der Waals surface area (Å²) in [5, 5.41) is 18.6. The Morgan fingerprint density at radius 2 is 1.91 bits per heavy atom. The molecule has 0 bridgehead atoms. The Hall–Kier alpha value is -3.83. The number of nitrogens with zero attached hydrogens (tertiary/aromatic N) is 3. The molecule has 2 N–H and O–H groups in total. The average Bonchev–Trinajstić information content (AvgIpc) is 3.41. The van der Waals surface area contributed by atoms with Gasteiger partial charge in [-0.2, -0.15) is 18.3 Å². The number of halogens is 5. The number of phenols is 1. The monoisotopic (exact) mass is 492 g/mol. The van der Waals surface area contributed by atoms with E-state index in [9.17, 15) is 22.7 Å². The molecule has 0 aliphatic carbocycles. The summed E-state index contributed by atoms with van der Waals surface area (Å²) in [6, 6.07) is 9.66. The van der Waals surface area contributed by atoms with Gasteiger partial charge in [0.05, 0.1) is 35.3 Å². The third kappa shape index (κ3) is 3.32. The first kappa shape index (κ1) is 22.0. The molecular weight excluding hydrogens is 480 g/mol. The molecule has 0 saturated heterocycles. The first-order valence-electron chi connectivity index (χ1n) is 9.65. The first-order chi connectivity index (χ1) is 16.2. The van der Waals surface area contributed by atoms with E-state index in [1.807, 2.05) is 0 Å². The first-order valence-corrected chi connectivity index (χ1v) is 10.0. The van der Waals surface area contributed by atoms with Crippen molar-refractivity contribution in [1.82, 2.24) is 14.9 Å². The summed E-state index contributed by atoms with van der Waals surface area (Å²) in [6.45, 7) is 0. The van der Waals surface area contributed by atoms with Crippen LogP contribution in [0, 0.1) is 5.82 Å². The number of phenolic OH excluding ortho intramolecular Hbond substituents is 1. The van der Waals surface area contributed by atoms with Crippen molar-refractivity contribution < 1.29 is 32.0 Å². The number of benzene rings is 3. The van der Waals surface area contributed by atoms with Crippen LogP contribution in [0.25, 0.3) is 38.7 Å². The van der Waals surface area contributed by atoms with E-state index in [0.717, 1.165) is 12.3 Å². The van der Waals surface area contributed by atoms with E-state index in [1.165, 1.54) is 43.5 Å². The maximum Gasteiger partial charge on any atom is 0.434 e. The molecule has 0 unspecified atom stereocenters. The van der Waals surface area contributed by atoms with Crippen LogP contribution in [0.3, 0.4) is 0 Å². The largest absolute Gasteiger partial charge is 0.505 e. The molecule has 174 valence electrons. The van der Waals surface area contributed by atoms with Gasteiger partial charge in [0.1, 0.15) is 22.8 Å². The standard InChI is InChI=1S/C22H13ClF4N4O3/c1-33-29-18-16-17(15-12(19(18)32)6-3-7-14(15)24)30-34-20(16)13-9-28-31(21(13)22(25,26)27)11-5-2-4-10(23)8-11/h2-9,29,32H,1H3. The van der Waals surface area contributed by atoms with Crippen molar-refractivity contribution in [3.05, 3.63) is 65.2 Å². The fourth-order valence-electron chi connectivity index (χ4n) is 3.88. The van der Waals surface area contributed by atoms with Gasteiger partial charge < -0.3 is 9.63 Å². The van der Waals surface area contributed by atoms with E-state index in [-0.39, 0.29) is 38.1 Å². The van der Waals surface area contributed by atoms with Crippen LogP contribution >= 0.6 is 11.6 Å². The van der Waals surface area contributed by atoms with Crippen LogP contribution in [0.5, 0.6) is 5.75 Å². The second-order valence-electron chi connectivity index (χ2n) is 7.22. The quantitative estimate of drug-likeness (QED) is 0.173. The third-order valence-electron chi connectivity index (χ3n) is 5.22. The molecule has 0 fully saturated rings. The molecule has 0 aliphatic rings. The Labute approximate surface area is 193 Å². The van der Waals surface area contributed by atoms with Gasteiger partial charge in [0, 0.05) is 10.4 Å². The number of alkyl halides is 3. The lowest BCUT2D eigenvalue weighted by Crippen LogP contribution is -2.14. The molecule has 2 heterocycles. The molecule has 7 nitrogen and oxygen atoms in total. The molecule has 5 rings (SSSR count). The van der Waals surface area contributed by atoms with E-state index in [4.69, 9.17) is 21.0 Å². The molecule has 0 aliphatic heterocycles. The van der Waals surface area contributed by atoms with Crippen molar-refractivity contribution in [2.75, 3.05) is 12.6 Å². The highest BCUT2D eigenvalue weighted by Gasteiger charge is 2.41. The van der Waals surface area contributed by atoms with Crippen LogP contribution < -0.4 is 5.48 Å². The SMILES string of the molecule is CONc1c(O)c2cccc(F)c2c2noc(-c3cnn(-c4cccc(Cl)c4)c3C(F)(F)F)c12. The van der Waals surface area contributed by atoms with Gasteiger partial charge in [-0.3, -0.25) is 10.3 Å². The van der Waals surface area contributed by atoms with Crippen LogP contribution in [0.1, 0.15) is 5.69 Å². The number of anilines is 1. The lowest BCUT2D eigenvalue weighted by atomic mass is 10.0. The van der Waals surface area contributed by atoms with Crippen LogP contribution in [-0.4, -0.2) is 27.2 Å². The summed E-state index contributed by atoms with van der Waals surface area (Å²) in [4.78, 5) is 4.91. The van der Waals surface area contributed by atoms with Crippen molar-refractivity contribution in [2.24, 2.45) is 0 Å². The minimum Gasteiger partial charge on any atom is -0.505 e. The van der Waals surface area contributed by atoms with Crippen molar-refractivity contribution in [1.29, 1.82) is 0 Å². The predicted octanol–water partition coefficient (Wildman–Crippen LogP) is 6.32. The summed E-state index contributed by atoms with van der Waals surface area (Å²) in [5.74, 6) is -1.59. The van der Waals surface area contributed by atoms with Gasteiger partial charge in [-0.25, -0.2) is 9.07 Å². The Balaban J connectivity index is 1.88. The van der Waals surface area contributed by atoms with Gasteiger partial charge in [-0.05, 0) is 24.3 Å². The fraction of sp³-hybridized carbons (Fsp3) is 0.0909. The number of aromatic hydroxyl groups is 1. The molecule has 12 heteroatoms. The molecule has 0 saturated carbocycles. The van der Waals surface area contributed by atoms with E-state index < -0.39 is 34.8 Å². The molecular formula is C22H13ClF4N4O3. The van der Waals surface area contributed by atoms with Crippen LogP contribution in [0.15, 0.2) is 53.2 Å². The Morgan fingerprint density at radius 3 is 2.62 bits per heavy atom. The zero-order valence-electron chi connectivity index (χ0n) is 17.1. The summed E-state index contributed by atoms with van der Waals surface area (Å²) in [6.07, 6.45) is -3.94. The van der Waals surface area contributed by atoms with Gasteiger partial charge in [0.2, 0.25) is 0 Å². The highest BCUT2D eigenvalue weighted by Crippen LogP contribution is 2.48. The lowest BCUT2D eigenvalue weighted by molar-refractivity contribution is -0.142. The summed E-state index contributed by atoms with van der Waals surface area (Å²) < 4.78 is 63.5. The van der Waals surface area contributed by atoms with Crippen LogP contribution in [0.4, 0.5) is 23.2 Å². The van der Waals surface area contributed by atoms with Gasteiger partial charge >= 0.3 is 6.18 Å². The molecule has 0 spiro atoms. The number of nitrogens with one attached hydrogen (secondary N) is 1.